The molecule has 1 aromatic rings. The first-order valence-electron chi connectivity index (χ1n) is 7.88. The number of piperidine rings is 1. The van der Waals surface area contributed by atoms with Crippen LogP contribution in [0.4, 0.5) is 0 Å². The Bertz CT molecular complexity index is 507. The number of fused-ring (bicyclic) bond motifs is 2. The third-order valence-electron chi connectivity index (χ3n) is 4.36. The van der Waals surface area contributed by atoms with Gasteiger partial charge in [0.1, 0.15) is 17.3 Å². The van der Waals surface area contributed by atoms with Crippen LogP contribution in [-0.4, -0.2) is 44.8 Å². The minimum atomic E-state index is 0.147. The molecule has 0 amide bonds. The summed E-state index contributed by atoms with van der Waals surface area (Å²) in [5.41, 5.74) is 0. The van der Waals surface area contributed by atoms with E-state index in [-0.39, 0.29) is 5.92 Å². The third kappa shape index (κ3) is 3.78. The van der Waals surface area contributed by atoms with Crippen LogP contribution in [0.3, 0.4) is 0 Å². The minimum absolute atomic E-state index is 0.147. The summed E-state index contributed by atoms with van der Waals surface area (Å²) in [6.07, 6.45) is 2.23. The van der Waals surface area contributed by atoms with Gasteiger partial charge in [-0.15, -0.1) is 0 Å². The van der Waals surface area contributed by atoms with E-state index in [0.29, 0.717) is 30.9 Å². The first-order chi connectivity index (χ1) is 10.7. The molecule has 5 nitrogen and oxygen atoms in total. The summed E-state index contributed by atoms with van der Waals surface area (Å²) in [5, 5.41) is 3.51. The number of ether oxygens (including phenoxy) is 3. The zero-order valence-electron chi connectivity index (χ0n) is 12.9. The Labute approximate surface area is 130 Å². The topological polar surface area (TPSA) is 56.8 Å². The van der Waals surface area contributed by atoms with Crippen molar-refractivity contribution in [2.45, 2.75) is 31.3 Å². The number of carbonyl (C=O) groups excluding carboxylic acids is 1. The summed E-state index contributed by atoms with van der Waals surface area (Å²) >= 11 is 0. The lowest BCUT2D eigenvalue weighted by Crippen LogP contribution is -2.55. The quantitative estimate of drug-likeness (QED) is 0.868. The van der Waals surface area contributed by atoms with E-state index < -0.39 is 0 Å². The maximum Gasteiger partial charge on any atom is 0.139 e. The van der Waals surface area contributed by atoms with Gasteiger partial charge in [0.05, 0.1) is 26.9 Å². The molecule has 2 fully saturated rings. The molecule has 2 heterocycles. The van der Waals surface area contributed by atoms with Crippen LogP contribution in [0.2, 0.25) is 0 Å². The van der Waals surface area contributed by atoms with Gasteiger partial charge in [0.2, 0.25) is 0 Å². The molecular formula is C17H23NO4. The van der Waals surface area contributed by atoms with Gasteiger partial charge in [-0.3, -0.25) is 4.79 Å². The molecule has 0 aromatic heterocycles. The number of morpholine rings is 1. The fraction of sp³-hybridized carbons (Fsp3) is 0.588. The maximum atomic E-state index is 12.4. The lowest BCUT2D eigenvalue weighted by Gasteiger charge is -2.39. The van der Waals surface area contributed by atoms with E-state index in [1.54, 1.807) is 7.11 Å². The molecule has 0 aliphatic carbocycles. The summed E-state index contributed by atoms with van der Waals surface area (Å²) in [7, 11) is 1.63. The Kier molecular flexibility index (Phi) is 4.95. The average molecular weight is 305 g/mol. The second kappa shape index (κ2) is 7.11. The number of hydrogen-bond donors (Lipinski definition) is 1. The molecule has 5 heteroatoms. The number of rotatable bonds is 6. The molecule has 2 bridgehead atoms. The van der Waals surface area contributed by atoms with Gasteiger partial charge in [-0.25, -0.2) is 0 Å². The summed E-state index contributed by atoms with van der Waals surface area (Å²) in [5.74, 6) is 1.95. The normalized spacial score (nSPS) is 27.2. The number of carbonyl (C=O) groups is 1. The van der Waals surface area contributed by atoms with Gasteiger partial charge in [-0.1, -0.05) is 6.07 Å². The molecule has 0 radical (unpaired) electrons. The van der Waals surface area contributed by atoms with Crippen LogP contribution in [0.5, 0.6) is 11.5 Å². The van der Waals surface area contributed by atoms with Gasteiger partial charge in [0.15, 0.2) is 0 Å². The molecular weight excluding hydrogens is 282 g/mol. The number of benzene rings is 1. The van der Waals surface area contributed by atoms with E-state index in [1.165, 1.54) is 0 Å². The van der Waals surface area contributed by atoms with Gasteiger partial charge in [-0.05, 0) is 25.0 Å². The van der Waals surface area contributed by atoms with E-state index in [2.05, 4.69) is 5.32 Å². The fourth-order valence-corrected chi connectivity index (χ4v) is 3.26. The van der Waals surface area contributed by atoms with Crippen LogP contribution in [-0.2, 0) is 9.53 Å². The Balaban J connectivity index is 1.46. The number of nitrogens with one attached hydrogen (secondary N) is 1. The molecule has 2 unspecified atom stereocenters. The van der Waals surface area contributed by atoms with Crippen molar-refractivity contribution < 1.29 is 19.0 Å². The molecule has 22 heavy (non-hydrogen) atoms. The number of methoxy groups -OCH3 is 1. The molecule has 3 rings (SSSR count). The van der Waals surface area contributed by atoms with Crippen molar-refractivity contribution in [2.24, 2.45) is 5.92 Å². The Morgan fingerprint density at radius 3 is 2.73 bits per heavy atom. The largest absolute Gasteiger partial charge is 0.497 e. The standard InChI is InChI=1S/C17H23NO4/c1-20-15-3-2-4-16(9-15)22-6-5-17(19)12-7-13-10-21-11-14(8-12)18-13/h2-4,9,12-14,18H,5-8,10-11H2,1H3. The highest BCUT2D eigenvalue weighted by Crippen LogP contribution is 2.26. The lowest BCUT2D eigenvalue weighted by atomic mass is 9.83. The Morgan fingerprint density at radius 1 is 1.27 bits per heavy atom. The van der Waals surface area contributed by atoms with Crippen molar-refractivity contribution in [3.8, 4) is 11.5 Å². The van der Waals surface area contributed by atoms with Gasteiger partial charge in [-0.2, -0.15) is 0 Å². The molecule has 2 saturated heterocycles. The first-order valence-corrected chi connectivity index (χ1v) is 7.88. The van der Waals surface area contributed by atoms with E-state index in [4.69, 9.17) is 14.2 Å². The first kappa shape index (κ1) is 15.3. The highest BCUT2D eigenvalue weighted by Gasteiger charge is 2.34. The summed E-state index contributed by atoms with van der Waals surface area (Å²) < 4.78 is 16.3. The van der Waals surface area contributed by atoms with Gasteiger partial charge in [0, 0.05) is 30.5 Å². The third-order valence-corrected chi connectivity index (χ3v) is 4.36. The molecule has 1 N–H and O–H groups in total. The van der Waals surface area contributed by atoms with Crippen LogP contribution >= 0.6 is 0 Å². The van der Waals surface area contributed by atoms with Gasteiger partial charge in [0.25, 0.3) is 0 Å². The number of hydrogen-bond acceptors (Lipinski definition) is 5. The molecule has 0 saturated carbocycles. The highest BCUT2D eigenvalue weighted by atomic mass is 16.5. The summed E-state index contributed by atoms with van der Waals surface area (Å²) in [6.45, 7) is 1.86. The number of ketones is 1. The van der Waals surface area contributed by atoms with Crippen molar-refractivity contribution in [1.29, 1.82) is 0 Å². The molecule has 2 aliphatic heterocycles. The molecule has 2 aliphatic rings. The van der Waals surface area contributed by atoms with Gasteiger partial charge >= 0.3 is 0 Å². The number of Topliss-reactive ketones (excluding diaryl/α,β-unsaturated/α-hetero) is 1. The molecule has 1 aromatic carbocycles. The molecule has 120 valence electrons. The van der Waals surface area contributed by atoms with Crippen LogP contribution in [0.1, 0.15) is 19.3 Å². The predicted molar refractivity (Wildman–Crippen MR) is 82.4 cm³/mol. The van der Waals surface area contributed by atoms with Crippen LogP contribution in [0.15, 0.2) is 24.3 Å². The summed E-state index contributed by atoms with van der Waals surface area (Å²) in [6, 6.07) is 8.12. The van der Waals surface area contributed by atoms with Gasteiger partial charge < -0.3 is 19.5 Å². The van der Waals surface area contributed by atoms with Crippen LogP contribution < -0.4 is 14.8 Å². The smallest absolute Gasteiger partial charge is 0.139 e. The monoisotopic (exact) mass is 305 g/mol. The minimum Gasteiger partial charge on any atom is -0.497 e. The van der Waals surface area contributed by atoms with Crippen LogP contribution in [0, 0.1) is 5.92 Å². The predicted octanol–water partition coefficient (Wildman–Crippen LogP) is 1.80. The highest BCUT2D eigenvalue weighted by molar-refractivity contribution is 5.81. The summed E-state index contributed by atoms with van der Waals surface area (Å²) in [4.78, 5) is 12.4. The lowest BCUT2D eigenvalue weighted by molar-refractivity contribution is -0.126. The SMILES string of the molecule is COc1cccc(OCCC(=O)C2CC3COCC(C2)N3)c1. The van der Waals surface area contributed by atoms with E-state index in [0.717, 1.165) is 37.6 Å². The second-order valence-electron chi connectivity index (χ2n) is 6.01. The molecule has 0 spiro atoms. The van der Waals surface area contributed by atoms with Crippen molar-refractivity contribution in [3.05, 3.63) is 24.3 Å². The fourth-order valence-electron chi connectivity index (χ4n) is 3.26. The van der Waals surface area contributed by atoms with Crippen molar-refractivity contribution >= 4 is 5.78 Å². The van der Waals surface area contributed by atoms with E-state index in [9.17, 15) is 4.79 Å². The molecule has 2 atom stereocenters. The second-order valence-corrected chi connectivity index (χ2v) is 6.01. The Morgan fingerprint density at radius 2 is 2.00 bits per heavy atom. The van der Waals surface area contributed by atoms with Crippen molar-refractivity contribution in [1.82, 2.24) is 5.32 Å². The Hall–Kier alpha value is -1.59. The van der Waals surface area contributed by atoms with Crippen molar-refractivity contribution in [2.75, 3.05) is 26.9 Å². The van der Waals surface area contributed by atoms with E-state index >= 15 is 0 Å². The maximum absolute atomic E-state index is 12.4. The van der Waals surface area contributed by atoms with E-state index in [1.807, 2.05) is 24.3 Å². The van der Waals surface area contributed by atoms with Crippen molar-refractivity contribution in [3.63, 3.8) is 0 Å². The average Bonchev–Trinajstić information content (AvgIpc) is 2.54. The zero-order chi connectivity index (χ0) is 15.4. The zero-order valence-corrected chi connectivity index (χ0v) is 12.9. The van der Waals surface area contributed by atoms with Crippen LogP contribution in [0.25, 0.3) is 0 Å².